The zero-order chi connectivity index (χ0) is 21.4. The Morgan fingerprint density at radius 2 is 0.964 bits per heavy atom. The number of alkyl halides is 6. The van der Waals surface area contributed by atoms with Crippen LogP contribution in [0, 0.1) is 0 Å². The van der Waals surface area contributed by atoms with Gasteiger partial charge in [0.05, 0.1) is 0 Å². The molecule has 1 aliphatic rings. The molecule has 0 aliphatic heterocycles. The minimum Gasteiger partial charge on any atom is -0.421 e. The number of sulfonamides is 2. The van der Waals surface area contributed by atoms with Gasteiger partial charge in [0.15, 0.2) is 20.0 Å². The lowest BCUT2D eigenvalue weighted by atomic mass is 10.1. The van der Waals surface area contributed by atoms with Crippen LogP contribution in [-0.2, 0) is 26.5 Å². The second kappa shape index (κ2) is 7.37. The summed E-state index contributed by atoms with van der Waals surface area (Å²) in [4.78, 5) is 0. The number of hydrogen-bond donors (Lipinski definition) is 0. The molecule has 0 N–H and O–H groups in total. The third kappa shape index (κ3) is 4.64. The van der Waals surface area contributed by atoms with Crippen molar-refractivity contribution in [2.24, 2.45) is 0 Å². The Hall–Kier alpha value is -2.12. The third-order valence-electron chi connectivity index (χ3n) is 3.49. The summed E-state index contributed by atoms with van der Waals surface area (Å²) in [6.45, 7) is 0. The van der Waals surface area contributed by atoms with E-state index < -0.39 is 31.1 Å². The van der Waals surface area contributed by atoms with Gasteiger partial charge in [-0.2, -0.15) is 26.3 Å². The van der Waals surface area contributed by atoms with Crippen LogP contribution in [0.5, 0.6) is 0 Å². The Balaban J connectivity index is 0.000000201. The molecule has 0 amide bonds. The van der Waals surface area contributed by atoms with Gasteiger partial charge in [-0.3, -0.25) is 0 Å². The minimum atomic E-state index is -6.72. The van der Waals surface area contributed by atoms with Gasteiger partial charge >= 0.3 is 11.0 Å². The summed E-state index contributed by atoms with van der Waals surface area (Å²) in [6, 6.07) is 17.3. The topological polar surface area (TPSA) is 82.4 Å². The molecule has 0 atom stereocenters. The van der Waals surface area contributed by atoms with E-state index >= 15 is 0 Å². The Kier molecular flexibility index (Phi) is 5.83. The van der Waals surface area contributed by atoms with Crippen LogP contribution in [0.15, 0.2) is 48.5 Å². The molecule has 13 heteroatoms. The summed E-state index contributed by atoms with van der Waals surface area (Å²) >= 11 is 0. The largest absolute Gasteiger partial charge is 0.480 e. The van der Waals surface area contributed by atoms with Crippen molar-refractivity contribution < 1.29 is 43.2 Å². The van der Waals surface area contributed by atoms with Crippen molar-refractivity contribution in [2.45, 2.75) is 17.4 Å². The first-order chi connectivity index (χ1) is 12.7. The molecule has 0 bridgehead atoms. The lowest BCUT2D eigenvalue weighted by Crippen LogP contribution is -2.30. The van der Waals surface area contributed by atoms with E-state index in [4.69, 9.17) is 0 Å². The fraction of sp³-hybridized carbons (Fsp3) is 0.200. The molecular weight excluding hydrogens is 436 g/mol. The van der Waals surface area contributed by atoms with Crippen molar-refractivity contribution in [3.63, 3.8) is 0 Å². The Bertz CT molecular complexity index is 991. The number of fused-ring (bicyclic) bond motifs is 3. The average molecular weight is 446 g/mol. The molecule has 0 heterocycles. The quantitative estimate of drug-likeness (QED) is 0.549. The fourth-order valence-electron chi connectivity index (χ4n) is 2.29. The van der Waals surface area contributed by atoms with Crippen molar-refractivity contribution >= 4 is 20.0 Å². The molecule has 0 fully saturated rings. The highest BCUT2D eigenvalue weighted by atomic mass is 32.3. The van der Waals surface area contributed by atoms with Gasteiger partial charge in [-0.05, 0) is 28.7 Å². The van der Waals surface area contributed by atoms with Gasteiger partial charge in [0.1, 0.15) is 0 Å². The van der Waals surface area contributed by atoms with E-state index in [9.17, 15) is 43.2 Å². The minimum absolute atomic E-state index is 0.778. The van der Waals surface area contributed by atoms with Crippen LogP contribution in [0.25, 0.3) is 15.3 Å². The van der Waals surface area contributed by atoms with Crippen molar-refractivity contribution in [1.29, 1.82) is 0 Å². The molecule has 0 unspecified atom stereocenters. The van der Waals surface area contributed by atoms with E-state index in [0.29, 0.717) is 0 Å². The Morgan fingerprint density at radius 3 is 1.29 bits per heavy atom. The first-order valence-corrected chi connectivity index (χ1v) is 10.1. The lowest BCUT2D eigenvalue weighted by Gasteiger charge is -2.22. The summed E-state index contributed by atoms with van der Waals surface area (Å²) in [6.07, 6.45) is 1.10. The molecule has 2 aromatic carbocycles. The van der Waals surface area contributed by atoms with Crippen LogP contribution in [-0.4, -0.2) is 27.9 Å². The van der Waals surface area contributed by atoms with Gasteiger partial charge in [-0.1, -0.05) is 48.5 Å². The second-order valence-corrected chi connectivity index (χ2v) is 8.83. The first kappa shape index (κ1) is 22.2. The maximum Gasteiger partial charge on any atom is 0.480 e. The number of rotatable bonds is 2. The number of halogens is 6. The van der Waals surface area contributed by atoms with Crippen molar-refractivity contribution in [2.75, 3.05) is 0 Å². The molecule has 2 aromatic rings. The summed E-state index contributed by atoms with van der Waals surface area (Å²) in [5.41, 5.74) is -6.65. The van der Waals surface area contributed by atoms with Crippen molar-refractivity contribution in [3.8, 4) is 11.1 Å². The SMILES string of the molecule is O=S(=O)([N-]S(=O)(=O)C(F)(F)F)C(F)(F)F.c1ccc2c(c1)Cc1ccccc1-2. The third-order valence-corrected chi connectivity index (χ3v) is 6.23. The molecule has 0 saturated carbocycles. The van der Waals surface area contributed by atoms with Gasteiger partial charge in [-0.15, -0.1) is 0 Å². The van der Waals surface area contributed by atoms with E-state index in [2.05, 4.69) is 48.5 Å². The molecule has 0 spiro atoms. The van der Waals surface area contributed by atoms with Crippen LogP contribution in [0.3, 0.4) is 0 Å². The van der Waals surface area contributed by atoms with Crippen LogP contribution < -0.4 is 0 Å². The summed E-state index contributed by atoms with van der Waals surface area (Å²) < 4.78 is 109. The number of nitrogens with zero attached hydrogens (tertiary/aromatic N) is 1. The van der Waals surface area contributed by atoms with Crippen LogP contribution in [0.1, 0.15) is 11.1 Å². The average Bonchev–Trinajstić information content (AvgIpc) is 2.91. The van der Waals surface area contributed by atoms with Crippen LogP contribution in [0.2, 0.25) is 0 Å². The van der Waals surface area contributed by atoms with Gasteiger partial charge in [0, 0.05) is 0 Å². The monoisotopic (exact) mass is 446 g/mol. The Labute approximate surface area is 156 Å². The van der Waals surface area contributed by atoms with Gasteiger partial charge in [0.25, 0.3) is 0 Å². The lowest BCUT2D eigenvalue weighted by molar-refractivity contribution is -0.0444. The smallest absolute Gasteiger partial charge is 0.421 e. The second-order valence-electron chi connectivity index (χ2n) is 5.41. The van der Waals surface area contributed by atoms with Crippen LogP contribution >= 0.6 is 0 Å². The van der Waals surface area contributed by atoms with Gasteiger partial charge < -0.3 is 4.13 Å². The molecular formula is C15H10F6NO4S2-. The highest BCUT2D eigenvalue weighted by Gasteiger charge is 2.46. The zero-order valence-electron chi connectivity index (χ0n) is 13.5. The molecule has 3 rings (SSSR count). The maximum atomic E-state index is 11.4. The summed E-state index contributed by atoms with van der Waals surface area (Å²) in [7, 11) is -13.4. The number of hydrogen-bond acceptors (Lipinski definition) is 4. The molecule has 0 radical (unpaired) electrons. The molecule has 0 saturated heterocycles. The van der Waals surface area contributed by atoms with Gasteiger partial charge in [0.2, 0.25) is 0 Å². The van der Waals surface area contributed by atoms with Crippen molar-refractivity contribution in [1.82, 2.24) is 0 Å². The zero-order valence-corrected chi connectivity index (χ0v) is 15.1. The molecule has 1 aliphatic carbocycles. The first-order valence-electron chi connectivity index (χ1n) is 7.19. The normalized spacial score (nSPS) is 13.9. The fourth-order valence-corrected chi connectivity index (χ4v) is 4.00. The predicted octanol–water partition coefficient (Wildman–Crippen LogP) is 4.32. The van der Waals surface area contributed by atoms with E-state index in [0.717, 1.165) is 10.5 Å². The molecule has 28 heavy (non-hydrogen) atoms. The summed E-state index contributed by atoms with van der Waals surface area (Å²) in [5.74, 6) is 0. The van der Waals surface area contributed by atoms with Crippen LogP contribution in [0.4, 0.5) is 26.3 Å². The van der Waals surface area contributed by atoms with E-state index in [1.54, 1.807) is 0 Å². The van der Waals surface area contributed by atoms with E-state index in [1.165, 1.54) is 22.3 Å². The number of benzene rings is 2. The van der Waals surface area contributed by atoms with Crippen molar-refractivity contribution in [3.05, 3.63) is 63.8 Å². The molecule has 5 nitrogen and oxygen atoms in total. The Morgan fingerprint density at radius 1 is 0.643 bits per heavy atom. The highest BCUT2D eigenvalue weighted by Crippen LogP contribution is 2.36. The standard InChI is InChI=1S/C13H10.C2F6NO4S2/c1-3-7-12-10(5-1)9-11-6-2-4-8-13(11)12;3-1(4,5)14(10,11)9-15(12,13)2(6,7)8/h1-8H,9H2;/q;-1. The molecule has 0 aromatic heterocycles. The summed E-state index contributed by atoms with van der Waals surface area (Å²) in [5, 5.41) is 0. The predicted molar refractivity (Wildman–Crippen MR) is 88.0 cm³/mol. The van der Waals surface area contributed by atoms with Gasteiger partial charge in [-0.25, -0.2) is 16.8 Å². The van der Waals surface area contributed by atoms with E-state index in [-0.39, 0.29) is 0 Å². The highest BCUT2D eigenvalue weighted by molar-refractivity contribution is 8.13. The van der Waals surface area contributed by atoms with E-state index in [1.807, 2.05) is 0 Å². The maximum absolute atomic E-state index is 11.4. The molecule has 154 valence electrons.